The molecule has 66 heavy (non-hydrogen) atoms. The molecule has 0 aliphatic rings. The quantitative estimate of drug-likeness (QED) is 0.173. The third-order valence-electron chi connectivity index (χ3n) is 13.7. The Bertz CT molecular complexity index is 4430. The molecule has 0 radical (unpaired) electrons. The van der Waals surface area contributed by atoms with Crippen molar-refractivity contribution in [1.29, 1.82) is 0 Å². The Hall–Kier alpha value is -8.58. The van der Waals surface area contributed by atoms with E-state index in [9.17, 15) is 0 Å². The lowest BCUT2D eigenvalue weighted by Gasteiger charge is -2.27. The lowest BCUT2D eigenvalue weighted by Crippen LogP contribution is -2.11. The lowest BCUT2D eigenvalue weighted by molar-refractivity contribution is 0.669. The van der Waals surface area contributed by atoms with Crippen LogP contribution < -0.4 is 4.90 Å². The van der Waals surface area contributed by atoms with Crippen molar-refractivity contribution in [2.24, 2.45) is 0 Å². The van der Waals surface area contributed by atoms with E-state index in [2.05, 4.69) is 214 Å². The lowest BCUT2D eigenvalue weighted by atomic mass is 10.0. The molecule has 15 rings (SSSR count). The standard InChI is InChI=1S/C60H35N3O2S/c1-3-15-36(16-4-1)61(37-17-5-2-6-18-37)51-35-47-42-29-30-50-56(43-21-7-11-23-48(43)62(50)38-27-31-53-45(33-38)40-19-9-13-25-52(40)64-53)59(42)65-60(47)57-44-22-8-12-24-49(44)63(58(51)57)39-28-32-55-46(34-39)41-20-10-14-26-54(41)66-55/h1-35H. The average molecular weight is 862 g/mol. The number of para-hydroxylation sites is 5. The van der Waals surface area contributed by atoms with Gasteiger partial charge in [0.1, 0.15) is 22.3 Å². The highest BCUT2D eigenvalue weighted by atomic mass is 32.1. The fourth-order valence-electron chi connectivity index (χ4n) is 10.9. The molecule has 0 aliphatic heterocycles. The molecule has 5 heterocycles. The van der Waals surface area contributed by atoms with E-state index in [1.165, 1.54) is 20.2 Å². The molecular formula is C60H35N3O2S. The number of thiophene rings is 1. The van der Waals surface area contributed by atoms with Gasteiger partial charge in [0.2, 0.25) is 0 Å². The Morgan fingerprint density at radius 1 is 0.348 bits per heavy atom. The van der Waals surface area contributed by atoms with Crippen LogP contribution in [0, 0.1) is 0 Å². The largest absolute Gasteiger partial charge is 0.456 e. The van der Waals surface area contributed by atoms with Crippen LogP contribution in [0.1, 0.15) is 0 Å². The Balaban J connectivity index is 1.09. The number of hydrogen-bond donors (Lipinski definition) is 0. The molecule has 0 saturated carbocycles. The zero-order valence-corrected chi connectivity index (χ0v) is 36.1. The highest BCUT2D eigenvalue weighted by Crippen LogP contribution is 2.51. The van der Waals surface area contributed by atoms with E-state index >= 15 is 0 Å². The van der Waals surface area contributed by atoms with Crippen molar-refractivity contribution in [3.05, 3.63) is 212 Å². The first-order valence-corrected chi connectivity index (χ1v) is 23.1. The minimum absolute atomic E-state index is 0.873. The molecule has 0 aliphatic carbocycles. The van der Waals surface area contributed by atoms with Crippen molar-refractivity contribution in [1.82, 2.24) is 9.13 Å². The first-order valence-electron chi connectivity index (χ1n) is 22.3. The predicted octanol–water partition coefficient (Wildman–Crippen LogP) is 17.5. The number of furan rings is 2. The van der Waals surface area contributed by atoms with E-state index in [0.717, 1.165) is 116 Å². The Morgan fingerprint density at radius 2 is 0.924 bits per heavy atom. The fourth-order valence-corrected chi connectivity index (χ4v) is 12.0. The van der Waals surface area contributed by atoms with Gasteiger partial charge in [0.15, 0.2) is 0 Å². The number of fused-ring (bicyclic) bond motifs is 17. The smallest absolute Gasteiger partial charge is 0.145 e. The second-order valence-corrected chi connectivity index (χ2v) is 18.3. The minimum atomic E-state index is 0.873. The third kappa shape index (κ3) is 4.93. The number of benzene rings is 10. The molecule has 0 fully saturated rings. The van der Waals surface area contributed by atoms with E-state index < -0.39 is 0 Å². The maximum Gasteiger partial charge on any atom is 0.145 e. The van der Waals surface area contributed by atoms with Crippen LogP contribution in [0.4, 0.5) is 17.1 Å². The van der Waals surface area contributed by atoms with Gasteiger partial charge < -0.3 is 22.9 Å². The molecule has 0 unspecified atom stereocenters. The molecule has 0 spiro atoms. The van der Waals surface area contributed by atoms with E-state index in [4.69, 9.17) is 8.83 Å². The van der Waals surface area contributed by atoms with Gasteiger partial charge in [-0.15, -0.1) is 11.3 Å². The summed E-state index contributed by atoms with van der Waals surface area (Å²) in [5.74, 6) is 0. The monoisotopic (exact) mass is 861 g/mol. The van der Waals surface area contributed by atoms with Crippen LogP contribution in [0.15, 0.2) is 221 Å². The van der Waals surface area contributed by atoms with Crippen molar-refractivity contribution in [3.63, 3.8) is 0 Å². The number of hydrogen-bond acceptors (Lipinski definition) is 4. The number of aromatic nitrogens is 2. The van der Waals surface area contributed by atoms with Gasteiger partial charge in [0.25, 0.3) is 0 Å². The normalized spacial score (nSPS) is 12.2. The SMILES string of the molecule is c1ccc(N(c2ccccc2)c2cc3c4ccc5c(c6ccccc6n5-c5ccc6oc7ccccc7c6c5)c4oc3c3c4ccccc4n(-c4ccc5sc6ccccc6c5c4)c23)cc1. The molecule has 308 valence electrons. The third-order valence-corrected chi connectivity index (χ3v) is 14.8. The van der Waals surface area contributed by atoms with E-state index in [0.29, 0.717) is 0 Å². The zero-order chi connectivity index (χ0) is 43.0. The van der Waals surface area contributed by atoms with Gasteiger partial charge in [-0.05, 0) is 103 Å². The number of rotatable bonds is 5. The summed E-state index contributed by atoms with van der Waals surface area (Å²) in [6, 6.07) is 76.4. The summed E-state index contributed by atoms with van der Waals surface area (Å²) in [7, 11) is 0. The zero-order valence-electron chi connectivity index (χ0n) is 35.3. The maximum atomic E-state index is 7.51. The van der Waals surface area contributed by atoms with E-state index in [1.807, 2.05) is 23.5 Å². The molecule has 5 nitrogen and oxygen atoms in total. The number of anilines is 3. The van der Waals surface area contributed by atoms with Crippen LogP contribution in [0.3, 0.4) is 0 Å². The van der Waals surface area contributed by atoms with Crippen LogP contribution in [0.5, 0.6) is 0 Å². The van der Waals surface area contributed by atoms with Crippen LogP contribution in [-0.4, -0.2) is 9.13 Å². The van der Waals surface area contributed by atoms with E-state index in [1.54, 1.807) is 0 Å². The summed E-state index contributed by atoms with van der Waals surface area (Å²) in [5.41, 5.74) is 13.3. The summed E-state index contributed by atoms with van der Waals surface area (Å²) in [5, 5.41) is 11.3. The summed E-state index contributed by atoms with van der Waals surface area (Å²) >= 11 is 1.85. The second kappa shape index (κ2) is 13.5. The van der Waals surface area contributed by atoms with Gasteiger partial charge in [0.05, 0.1) is 38.5 Å². The van der Waals surface area contributed by atoms with Gasteiger partial charge in [-0.3, -0.25) is 0 Å². The molecule has 0 atom stereocenters. The summed E-state index contributed by atoms with van der Waals surface area (Å²) in [6.07, 6.45) is 0. The summed E-state index contributed by atoms with van der Waals surface area (Å²) in [4.78, 5) is 2.41. The van der Waals surface area contributed by atoms with Gasteiger partial charge in [0, 0.05) is 75.2 Å². The highest BCUT2D eigenvalue weighted by Gasteiger charge is 2.28. The molecule has 5 aromatic heterocycles. The van der Waals surface area contributed by atoms with Crippen LogP contribution >= 0.6 is 11.3 Å². The van der Waals surface area contributed by atoms with Gasteiger partial charge >= 0.3 is 0 Å². The van der Waals surface area contributed by atoms with Gasteiger partial charge in [-0.2, -0.15) is 0 Å². The van der Waals surface area contributed by atoms with Crippen molar-refractivity contribution < 1.29 is 8.83 Å². The van der Waals surface area contributed by atoms with Crippen molar-refractivity contribution >= 4 is 136 Å². The van der Waals surface area contributed by atoms with Crippen LogP contribution in [0.25, 0.3) is 119 Å². The van der Waals surface area contributed by atoms with Crippen LogP contribution in [-0.2, 0) is 0 Å². The van der Waals surface area contributed by atoms with Crippen molar-refractivity contribution in [2.75, 3.05) is 4.90 Å². The molecule has 0 amide bonds. The Labute approximate surface area is 380 Å². The first kappa shape index (κ1) is 35.8. The van der Waals surface area contributed by atoms with Gasteiger partial charge in [-0.1, -0.05) is 109 Å². The molecule has 0 bridgehead atoms. The maximum absolute atomic E-state index is 7.51. The molecule has 0 saturated heterocycles. The van der Waals surface area contributed by atoms with E-state index in [-0.39, 0.29) is 0 Å². The molecule has 10 aromatic carbocycles. The average Bonchev–Trinajstić information content (AvgIpc) is 4.19. The minimum Gasteiger partial charge on any atom is -0.456 e. The molecule has 6 heteroatoms. The summed E-state index contributed by atoms with van der Waals surface area (Å²) in [6.45, 7) is 0. The predicted molar refractivity (Wildman–Crippen MR) is 277 cm³/mol. The van der Waals surface area contributed by atoms with Crippen LogP contribution in [0.2, 0.25) is 0 Å². The Kier molecular flexibility index (Phi) is 7.31. The first-order chi connectivity index (χ1) is 32.7. The van der Waals surface area contributed by atoms with Crippen molar-refractivity contribution in [2.45, 2.75) is 0 Å². The summed E-state index contributed by atoms with van der Waals surface area (Å²) < 4.78 is 21.2. The van der Waals surface area contributed by atoms with Gasteiger partial charge in [-0.25, -0.2) is 0 Å². The second-order valence-electron chi connectivity index (χ2n) is 17.2. The molecular weight excluding hydrogens is 827 g/mol. The topological polar surface area (TPSA) is 39.4 Å². The molecule has 0 N–H and O–H groups in total. The Morgan fingerprint density at radius 3 is 1.71 bits per heavy atom. The van der Waals surface area contributed by atoms with Crippen molar-refractivity contribution in [3.8, 4) is 11.4 Å². The highest BCUT2D eigenvalue weighted by molar-refractivity contribution is 7.25. The molecule has 15 aromatic rings. The fraction of sp³-hybridized carbons (Fsp3) is 0. The number of nitrogens with zero attached hydrogens (tertiary/aromatic N) is 3.